The van der Waals surface area contributed by atoms with E-state index in [-0.39, 0.29) is 12.5 Å². The summed E-state index contributed by atoms with van der Waals surface area (Å²) in [5, 5.41) is 13.2. The van der Waals surface area contributed by atoms with Crippen molar-refractivity contribution in [3.63, 3.8) is 0 Å². The Morgan fingerprint density at radius 2 is 1.50 bits per heavy atom. The molecule has 1 atom stereocenters. The highest BCUT2D eigenvalue weighted by Gasteiger charge is 2.45. The molecule has 2 aromatic carbocycles. The Balaban J connectivity index is 1.77. The lowest BCUT2D eigenvalue weighted by atomic mass is 10.1. The summed E-state index contributed by atoms with van der Waals surface area (Å²) in [5.41, 5.74) is 1.09. The second-order valence-electron chi connectivity index (χ2n) is 7.04. The molecule has 0 saturated carbocycles. The van der Waals surface area contributed by atoms with Gasteiger partial charge in [-0.1, -0.05) is 36.4 Å². The normalized spacial score (nSPS) is 17.5. The minimum atomic E-state index is -0.928. The number of aliphatic hydroxyl groups is 1. The summed E-state index contributed by atoms with van der Waals surface area (Å²) < 4.78 is 0. The van der Waals surface area contributed by atoms with Crippen LogP contribution in [-0.4, -0.2) is 46.7 Å². The molecule has 6 heteroatoms. The van der Waals surface area contributed by atoms with Gasteiger partial charge in [0, 0.05) is 0 Å². The first-order valence-corrected chi connectivity index (χ1v) is 8.67. The van der Waals surface area contributed by atoms with Crippen molar-refractivity contribution in [1.29, 1.82) is 0 Å². The Labute approximate surface area is 153 Å². The number of rotatable bonds is 6. The van der Waals surface area contributed by atoms with Gasteiger partial charge >= 0.3 is 6.03 Å². The molecule has 3 N–H and O–H groups in total. The minimum absolute atomic E-state index is 0.0305. The average Bonchev–Trinajstić information content (AvgIpc) is 2.83. The topological polar surface area (TPSA) is 74.1 Å². The zero-order valence-electron chi connectivity index (χ0n) is 15.0. The standard InChI is InChI=1S/C20H23N3O3/c1-20(2)18(25)23(19(26)21-20)14-17(24)13-22(15-9-5-3-6-10-15)16-11-7-4-8-12-16/h3-12,17,24H,13-14H2,1-2H3,(H,21,26)/p+1/t17-/m1/s1. The Kier molecular flexibility index (Phi) is 5.06. The molecule has 0 bridgehead atoms. The van der Waals surface area contributed by atoms with E-state index in [1.165, 1.54) is 0 Å². The van der Waals surface area contributed by atoms with Crippen molar-refractivity contribution in [2.75, 3.05) is 13.1 Å². The number of carbonyl (C=O) groups is 2. The third kappa shape index (κ3) is 3.76. The third-order valence-corrected chi connectivity index (χ3v) is 4.52. The summed E-state index contributed by atoms with van der Waals surface area (Å²) in [5.74, 6) is -0.317. The molecular weight excluding hydrogens is 330 g/mol. The summed E-state index contributed by atoms with van der Waals surface area (Å²) in [4.78, 5) is 26.4. The molecule has 26 heavy (non-hydrogen) atoms. The molecule has 0 spiro atoms. The lowest BCUT2D eigenvalue weighted by molar-refractivity contribution is -0.765. The van der Waals surface area contributed by atoms with Gasteiger partial charge in [0.25, 0.3) is 5.91 Å². The number of carbonyl (C=O) groups excluding carboxylic acids is 2. The van der Waals surface area contributed by atoms with E-state index in [9.17, 15) is 14.7 Å². The maximum Gasteiger partial charge on any atom is 0.325 e. The molecule has 1 heterocycles. The molecule has 1 aliphatic rings. The number of quaternary nitrogens is 1. The zero-order chi connectivity index (χ0) is 18.7. The van der Waals surface area contributed by atoms with E-state index in [4.69, 9.17) is 0 Å². The molecule has 1 fully saturated rings. The van der Waals surface area contributed by atoms with Crippen molar-refractivity contribution in [3.05, 3.63) is 60.7 Å². The molecule has 0 aliphatic carbocycles. The van der Waals surface area contributed by atoms with Crippen LogP contribution in [0.5, 0.6) is 0 Å². The molecule has 0 aromatic heterocycles. The number of urea groups is 1. The van der Waals surface area contributed by atoms with Crippen molar-refractivity contribution in [2.24, 2.45) is 0 Å². The van der Waals surface area contributed by atoms with Gasteiger partial charge in [0.15, 0.2) is 0 Å². The van der Waals surface area contributed by atoms with Crippen LogP contribution in [0.1, 0.15) is 13.8 Å². The van der Waals surface area contributed by atoms with Gasteiger partial charge in [-0.15, -0.1) is 0 Å². The Hall–Kier alpha value is -2.70. The van der Waals surface area contributed by atoms with Gasteiger partial charge < -0.3 is 10.4 Å². The van der Waals surface area contributed by atoms with Crippen molar-refractivity contribution in [1.82, 2.24) is 10.2 Å². The van der Waals surface area contributed by atoms with Gasteiger partial charge in [0.2, 0.25) is 0 Å². The van der Waals surface area contributed by atoms with Crippen molar-refractivity contribution < 1.29 is 19.6 Å². The third-order valence-electron chi connectivity index (χ3n) is 4.52. The quantitative estimate of drug-likeness (QED) is 0.683. The van der Waals surface area contributed by atoms with Gasteiger partial charge in [0.1, 0.15) is 29.6 Å². The van der Waals surface area contributed by atoms with E-state index in [1.54, 1.807) is 13.8 Å². The van der Waals surface area contributed by atoms with Crippen LogP contribution in [0.25, 0.3) is 0 Å². The fourth-order valence-electron chi connectivity index (χ4n) is 3.18. The van der Waals surface area contributed by atoms with Crippen LogP contribution in [0.3, 0.4) is 0 Å². The molecule has 1 saturated heterocycles. The number of β-amino-alcohol motifs (C(OH)–C–C–N with tert-alkyl or cyclic N) is 1. The highest BCUT2D eigenvalue weighted by atomic mass is 16.3. The summed E-state index contributed by atoms with van der Waals surface area (Å²) in [7, 11) is 0. The maximum absolute atomic E-state index is 12.3. The van der Waals surface area contributed by atoms with Gasteiger partial charge in [-0.05, 0) is 38.1 Å². The molecule has 2 aromatic rings. The van der Waals surface area contributed by atoms with Crippen LogP contribution in [0.15, 0.2) is 60.7 Å². The first kappa shape index (κ1) is 18.1. The Bertz CT molecular complexity index is 738. The summed E-state index contributed by atoms with van der Waals surface area (Å²) >= 11 is 0. The molecule has 0 radical (unpaired) electrons. The van der Waals surface area contributed by atoms with Gasteiger partial charge in [0.05, 0.1) is 6.54 Å². The molecule has 1 aliphatic heterocycles. The van der Waals surface area contributed by atoms with Crippen molar-refractivity contribution in [2.45, 2.75) is 25.5 Å². The Morgan fingerprint density at radius 3 is 1.92 bits per heavy atom. The number of hydrogen-bond donors (Lipinski definition) is 3. The van der Waals surface area contributed by atoms with Gasteiger partial charge in [-0.2, -0.15) is 0 Å². The van der Waals surface area contributed by atoms with Crippen LogP contribution in [-0.2, 0) is 4.79 Å². The molecule has 0 unspecified atom stereocenters. The van der Waals surface area contributed by atoms with Crippen LogP contribution in [0.4, 0.5) is 16.2 Å². The maximum atomic E-state index is 12.3. The van der Waals surface area contributed by atoms with E-state index in [1.807, 2.05) is 60.7 Å². The van der Waals surface area contributed by atoms with Crippen LogP contribution in [0, 0.1) is 0 Å². The van der Waals surface area contributed by atoms with Crippen molar-refractivity contribution in [3.8, 4) is 0 Å². The summed E-state index contributed by atoms with van der Waals surface area (Å²) in [6.07, 6.45) is -0.853. The number of hydrogen-bond acceptors (Lipinski definition) is 3. The van der Waals surface area contributed by atoms with Gasteiger partial charge in [-0.25, -0.2) is 4.79 Å². The number of amides is 3. The van der Waals surface area contributed by atoms with E-state index >= 15 is 0 Å². The second-order valence-corrected chi connectivity index (χ2v) is 7.04. The first-order chi connectivity index (χ1) is 12.4. The molecule has 3 amide bonds. The molecule has 6 nitrogen and oxygen atoms in total. The van der Waals surface area contributed by atoms with E-state index in [0.717, 1.165) is 21.2 Å². The summed E-state index contributed by atoms with van der Waals surface area (Å²) in [6.45, 7) is 3.62. The lowest BCUT2D eigenvalue weighted by Crippen LogP contribution is -3.03. The second kappa shape index (κ2) is 7.27. The lowest BCUT2D eigenvalue weighted by Gasteiger charge is -2.24. The van der Waals surface area contributed by atoms with E-state index in [0.29, 0.717) is 6.54 Å². The molecule has 3 rings (SSSR count). The van der Waals surface area contributed by atoms with Crippen molar-refractivity contribution >= 4 is 23.3 Å². The fraction of sp³-hybridized carbons (Fsp3) is 0.300. The van der Waals surface area contributed by atoms with Crippen LogP contribution in [0.2, 0.25) is 0 Å². The Morgan fingerprint density at radius 1 is 1.00 bits per heavy atom. The largest absolute Gasteiger partial charge is 0.385 e. The first-order valence-electron chi connectivity index (χ1n) is 8.67. The number of nitrogens with one attached hydrogen (secondary N) is 2. The number of benzene rings is 2. The van der Waals surface area contributed by atoms with Gasteiger partial charge in [-0.3, -0.25) is 14.6 Å². The monoisotopic (exact) mass is 354 g/mol. The molecular formula is C20H24N3O3+. The highest BCUT2D eigenvalue weighted by Crippen LogP contribution is 2.17. The average molecular weight is 354 g/mol. The fourth-order valence-corrected chi connectivity index (χ4v) is 3.18. The minimum Gasteiger partial charge on any atom is -0.385 e. The predicted octanol–water partition coefficient (Wildman–Crippen LogP) is 1.23. The smallest absolute Gasteiger partial charge is 0.325 e. The number of nitrogens with zero attached hydrogens (tertiary/aromatic N) is 1. The number of para-hydroxylation sites is 2. The van der Waals surface area contributed by atoms with Crippen LogP contribution < -0.4 is 10.2 Å². The van der Waals surface area contributed by atoms with E-state index in [2.05, 4.69) is 5.32 Å². The number of imide groups is 1. The van der Waals surface area contributed by atoms with Crippen LogP contribution >= 0.6 is 0 Å². The SMILES string of the molecule is CC1(C)NC(=O)N(C[C@H](O)C[NH+](c2ccccc2)c2ccccc2)C1=O. The van der Waals surface area contributed by atoms with E-state index < -0.39 is 17.7 Å². The summed E-state index contributed by atoms with van der Waals surface area (Å²) in [6, 6.07) is 19.2. The highest BCUT2D eigenvalue weighted by molar-refractivity contribution is 6.06. The predicted molar refractivity (Wildman–Crippen MR) is 98.4 cm³/mol. The zero-order valence-corrected chi connectivity index (χ0v) is 15.0. The molecule has 136 valence electrons. The number of aliphatic hydroxyl groups excluding tert-OH is 1.